The number of hydrogen-bond donors (Lipinski definition) is 3. The molecule has 32 heavy (non-hydrogen) atoms. The van der Waals surface area contributed by atoms with Crippen molar-refractivity contribution in [1.29, 1.82) is 0 Å². The van der Waals surface area contributed by atoms with Gasteiger partial charge < -0.3 is 20.6 Å². The summed E-state index contributed by atoms with van der Waals surface area (Å²) >= 11 is 0. The van der Waals surface area contributed by atoms with E-state index in [2.05, 4.69) is 22.8 Å². The Bertz CT molecular complexity index is 1090. The maximum absolute atomic E-state index is 12.6. The van der Waals surface area contributed by atoms with Gasteiger partial charge in [0.25, 0.3) is 11.8 Å². The van der Waals surface area contributed by atoms with Crippen LogP contribution in [0.3, 0.4) is 0 Å². The monoisotopic (exact) mass is 457 g/mol. The largest absolute Gasteiger partial charge is 0.390 e. The van der Waals surface area contributed by atoms with Crippen molar-refractivity contribution < 1.29 is 23.1 Å². The van der Waals surface area contributed by atoms with Gasteiger partial charge in [0, 0.05) is 43.3 Å². The second-order valence-corrected chi connectivity index (χ2v) is 10.6. The number of amides is 2. The summed E-state index contributed by atoms with van der Waals surface area (Å²) in [7, 11) is -3.06. The summed E-state index contributed by atoms with van der Waals surface area (Å²) in [6.45, 7) is 1.16. The molecule has 0 saturated carbocycles. The molecule has 3 N–H and O–H groups in total. The Morgan fingerprint density at radius 3 is 2.34 bits per heavy atom. The SMILES string of the molecule is O=C(NC[C@@H](O)[C@@H]1Cc2ccccc2CN1)c1ccc(C(=O)N2CCS(=O)(=O)CC2)cc1. The lowest BCUT2D eigenvalue weighted by Gasteiger charge is -2.30. The minimum absolute atomic E-state index is 0.0248. The van der Waals surface area contributed by atoms with E-state index < -0.39 is 15.9 Å². The third-order valence-corrected chi connectivity index (χ3v) is 7.68. The summed E-state index contributed by atoms with van der Waals surface area (Å²) in [5.74, 6) is -0.624. The van der Waals surface area contributed by atoms with Crippen LogP contribution in [0.1, 0.15) is 31.8 Å². The molecule has 0 bridgehead atoms. The smallest absolute Gasteiger partial charge is 0.253 e. The Balaban J connectivity index is 1.29. The summed E-state index contributed by atoms with van der Waals surface area (Å²) in [6.07, 6.45) is -0.0366. The molecular formula is C23H27N3O5S. The number of nitrogens with one attached hydrogen (secondary N) is 2. The Labute approximate surface area is 187 Å². The molecule has 4 rings (SSSR count). The molecule has 2 atom stereocenters. The van der Waals surface area contributed by atoms with E-state index in [1.165, 1.54) is 16.0 Å². The van der Waals surface area contributed by atoms with E-state index in [0.717, 1.165) is 0 Å². The van der Waals surface area contributed by atoms with Crippen LogP contribution in [-0.2, 0) is 22.8 Å². The van der Waals surface area contributed by atoms with Crippen LogP contribution in [-0.4, -0.2) is 73.5 Å². The highest BCUT2D eigenvalue weighted by molar-refractivity contribution is 7.91. The fourth-order valence-corrected chi connectivity index (χ4v) is 5.26. The number of sulfone groups is 1. The summed E-state index contributed by atoms with van der Waals surface area (Å²) in [5.41, 5.74) is 3.22. The van der Waals surface area contributed by atoms with Crippen molar-refractivity contribution in [1.82, 2.24) is 15.5 Å². The Hall–Kier alpha value is -2.75. The zero-order chi connectivity index (χ0) is 22.7. The lowest BCUT2D eigenvalue weighted by molar-refractivity contribution is 0.0769. The summed E-state index contributed by atoms with van der Waals surface area (Å²) in [4.78, 5) is 26.6. The molecule has 0 aliphatic carbocycles. The molecule has 2 aliphatic rings. The highest BCUT2D eigenvalue weighted by Gasteiger charge is 2.26. The fourth-order valence-electron chi connectivity index (χ4n) is 4.06. The van der Waals surface area contributed by atoms with Gasteiger partial charge in [0.2, 0.25) is 0 Å². The predicted octanol–water partition coefficient (Wildman–Crippen LogP) is 0.362. The third kappa shape index (κ3) is 5.17. The van der Waals surface area contributed by atoms with Gasteiger partial charge in [0.1, 0.15) is 0 Å². The lowest BCUT2D eigenvalue weighted by Crippen LogP contribution is -2.49. The van der Waals surface area contributed by atoms with Crippen molar-refractivity contribution in [2.45, 2.75) is 25.1 Å². The van der Waals surface area contributed by atoms with E-state index in [1.807, 2.05) is 12.1 Å². The number of carbonyl (C=O) groups excluding carboxylic acids is 2. The number of aliphatic hydroxyl groups is 1. The predicted molar refractivity (Wildman–Crippen MR) is 120 cm³/mol. The van der Waals surface area contributed by atoms with Gasteiger partial charge in [-0.25, -0.2) is 8.42 Å². The van der Waals surface area contributed by atoms with Crippen molar-refractivity contribution >= 4 is 21.7 Å². The number of benzene rings is 2. The van der Waals surface area contributed by atoms with Crippen LogP contribution >= 0.6 is 0 Å². The molecule has 0 spiro atoms. The van der Waals surface area contributed by atoms with Gasteiger partial charge in [0.15, 0.2) is 9.84 Å². The van der Waals surface area contributed by atoms with Crippen molar-refractivity contribution in [2.75, 3.05) is 31.1 Å². The minimum Gasteiger partial charge on any atom is -0.390 e. The topological polar surface area (TPSA) is 116 Å². The highest BCUT2D eigenvalue weighted by Crippen LogP contribution is 2.18. The standard InChI is InChI=1S/C23H27N3O5S/c27-21(20-13-18-3-1-2-4-19(18)14-24-20)15-25-22(28)16-5-7-17(8-6-16)23(29)26-9-11-32(30,31)12-10-26/h1-8,20-21,24,27H,9-15H2,(H,25,28)/t20-,21+/m0/s1. The van der Waals surface area contributed by atoms with Crippen molar-refractivity contribution in [2.24, 2.45) is 0 Å². The van der Waals surface area contributed by atoms with E-state index in [4.69, 9.17) is 0 Å². The lowest BCUT2D eigenvalue weighted by atomic mass is 9.93. The number of rotatable bonds is 5. The van der Waals surface area contributed by atoms with Gasteiger partial charge in [-0.05, 0) is 41.8 Å². The summed E-state index contributed by atoms with van der Waals surface area (Å²) in [5, 5.41) is 16.6. The maximum atomic E-state index is 12.6. The molecule has 0 unspecified atom stereocenters. The van der Waals surface area contributed by atoms with Crippen molar-refractivity contribution in [3.8, 4) is 0 Å². The van der Waals surface area contributed by atoms with Crippen LogP contribution in [0.25, 0.3) is 0 Å². The molecule has 1 fully saturated rings. The van der Waals surface area contributed by atoms with Crippen molar-refractivity contribution in [3.05, 3.63) is 70.8 Å². The average molecular weight is 458 g/mol. The van der Waals surface area contributed by atoms with Gasteiger partial charge >= 0.3 is 0 Å². The molecule has 2 aromatic carbocycles. The van der Waals surface area contributed by atoms with Crippen LogP contribution in [0, 0.1) is 0 Å². The molecule has 0 aromatic heterocycles. The van der Waals surface area contributed by atoms with Gasteiger partial charge in [-0.2, -0.15) is 0 Å². The molecule has 2 aliphatic heterocycles. The number of aliphatic hydroxyl groups excluding tert-OH is 1. The fraction of sp³-hybridized carbons (Fsp3) is 0.391. The Morgan fingerprint density at radius 2 is 1.66 bits per heavy atom. The van der Waals surface area contributed by atoms with Gasteiger partial charge in [-0.1, -0.05) is 24.3 Å². The van der Waals surface area contributed by atoms with E-state index in [-0.39, 0.29) is 49.0 Å². The molecule has 2 amide bonds. The Kier molecular flexibility index (Phi) is 6.59. The first-order valence-corrected chi connectivity index (χ1v) is 12.5. The minimum atomic E-state index is -3.06. The van der Waals surface area contributed by atoms with Gasteiger partial charge in [0.05, 0.1) is 17.6 Å². The zero-order valence-electron chi connectivity index (χ0n) is 17.7. The molecule has 1 saturated heterocycles. The van der Waals surface area contributed by atoms with E-state index >= 15 is 0 Å². The summed E-state index contributed by atoms with van der Waals surface area (Å²) in [6, 6.07) is 14.2. The number of carbonyl (C=O) groups is 2. The molecule has 9 heteroatoms. The number of fused-ring (bicyclic) bond motifs is 1. The molecular weight excluding hydrogens is 430 g/mol. The summed E-state index contributed by atoms with van der Waals surface area (Å²) < 4.78 is 23.1. The van der Waals surface area contributed by atoms with Crippen LogP contribution in [0.2, 0.25) is 0 Å². The first kappa shape index (κ1) is 22.4. The average Bonchev–Trinajstić information content (AvgIpc) is 2.81. The maximum Gasteiger partial charge on any atom is 0.253 e. The van der Waals surface area contributed by atoms with E-state index in [1.54, 1.807) is 24.3 Å². The second-order valence-electron chi connectivity index (χ2n) is 8.26. The van der Waals surface area contributed by atoms with Crippen LogP contribution in [0.5, 0.6) is 0 Å². The van der Waals surface area contributed by atoms with E-state index in [9.17, 15) is 23.1 Å². The first-order valence-electron chi connectivity index (χ1n) is 10.7. The molecule has 0 radical (unpaired) electrons. The normalized spacial score (nSPS) is 20.8. The number of hydrogen-bond acceptors (Lipinski definition) is 6. The molecule has 2 aromatic rings. The van der Waals surface area contributed by atoms with Crippen LogP contribution in [0.4, 0.5) is 0 Å². The van der Waals surface area contributed by atoms with Crippen molar-refractivity contribution in [3.63, 3.8) is 0 Å². The first-order chi connectivity index (χ1) is 15.3. The Morgan fingerprint density at radius 1 is 1.03 bits per heavy atom. The van der Waals surface area contributed by atoms with Gasteiger partial charge in [-0.3, -0.25) is 9.59 Å². The van der Waals surface area contributed by atoms with Gasteiger partial charge in [-0.15, -0.1) is 0 Å². The number of nitrogens with zero attached hydrogens (tertiary/aromatic N) is 1. The molecule has 170 valence electrons. The van der Waals surface area contributed by atoms with Crippen LogP contribution in [0.15, 0.2) is 48.5 Å². The van der Waals surface area contributed by atoms with E-state index in [0.29, 0.717) is 24.1 Å². The molecule has 2 heterocycles. The molecule has 8 nitrogen and oxygen atoms in total. The third-order valence-electron chi connectivity index (χ3n) is 6.07. The zero-order valence-corrected chi connectivity index (χ0v) is 18.5. The second kappa shape index (κ2) is 9.40. The highest BCUT2D eigenvalue weighted by atomic mass is 32.2. The van der Waals surface area contributed by atoms with Crippen LogP contribution < -0.4 is 10.6 Å². The quantitative estimate of drug-likeness (QED) is 0.597.